The van der Waals surface area contributed by atoms with Crippen LogP contribution in [0.15, 0.2) is 0 Å². The van der Waals surface area contributed by atoms with Crippen molar-refractivity contribution in [1.29, 1.82) is 0 Å². The van der Waals surface area contributed by atoms with Gasteiger partial charge < -0.3 is 14.2 Å². The summed E-state index contributed by atoms with van der Waals surface area (Å²) >= 11 is 0. The van der Waals surface area contributed by atoms with Gasteiger partial charge >= 0.3 is 5.97 Å². The van der Waals surface area contributed by atoms with E-state index in [1.165, 1.54) is 25.7 Å². The lowest BCUT2D eigenvalue weighted by Crippen LogP contribution is -2.25. The minimum atomic E-state index is -0.0717. The Morgan fingerprint density at radius 1 is 0.955 bits per heavy atom. The summed E-state index contributed by atoms with van der Waals surface area (Å²) in [6, 6.07) is 0. The molecule has 0 fully saturated rings. The molecule has 0 aliphatic heterocycles. The van der Waals surface area contributed by atoms with Crippen molar-refractivity contribution < 1.29 is 19.0 Å². The number of ether oxygens (including phenoxy) is 3. The molecular formula is C17H35O4S+. The number of unbranched alkanes of at least 4 members (excludes halogenated alkanes) is 2. The SMILES string of the molecule is CCCC[S+](CCCC)CC(=O)OCCOCCOC(C)C. The second-order valence-corrected chi connectivity index (χ2v) is 7.95. The van der Waals surface area contributed by atoms with Crippen molar-refractivity contribution in [2.24, 2.45) is 0 Å². The summed E-state index contributed by atoms with van der Waals surface area (Å²) in [7, 11) is 0.195. The van der Waals surface area contributed by atoms with Crippen LogP contribution in [-0.4, -0.2) is 55.8 Å². The molecule has 0 heterocycles. The van der Waals surface area contributed by atoms with Gasteiger partial charge in [-0.25, -0.2) is 4.79 Å². The third kappa shape index (κ3) is 14.7. The van der Waals surface area contributed by atoms with Crippen LogP contribution in [0.25, 0.3) is 0 Å². The quantitative estimate of drug-likeness (QED) is 0.262. The Hall–Kier alpha value is -0.260. The van der Waals surface area contributed by atoms with Gasteiger partial charge in [-0.05, 0) is 37.6 Å². The van der Waals surface area contributed by atoms with Crippen molar-refractivity contribution in [1.82, 2.24) is 0 Å². The Kier molecular flexibility index (Phi) is 15.4. The van der Waals surface area contributed by atoms with Crippen molar-refractivity contribution in [3.63, 3.8) is 0 Å². The van der Waals surface area contributed by atoms with Crippen molar-refractivity contribution in [3.8, 4) is 0 Å². The van der Waals surface area contributed by atoms with E-state index in [4.69, 9.17) is 14.2 Å². The number of rotatable bonds is 15. The summed E-state index contributed by atoms with van der Waals surface area (Å²) < 4.78 is 16.0. The van der Waals surface area contributed by atoms with Crippen molar-refractivity contribution in [2.45, 2.75) is 59.5 Å². The van der Waals surface area contributed by atoms with Crippen LogP contribution < -0.4 is 0 Å². The molecule has 0 saturated heterocycles. The molecule has 22 heavy (non-hydrogen) atoms. The first-order valence-corrected chi connectivity index (χ1v) is 10.3. The Balaban J connectivity index is 3.66. The minimum Gasteiger partial charge on any atom is -0.460 e. The van der Waals surface area contributed by atoms with E-state index in [-0.39, 0.29) is 23.0 Å². The van der Waals surface area contributed by atoms with Gasteiger partial charge in [-0.3, -0.25) is 0 Å². The van der Waals surface area contributed by atoms with Crippen LogP contribution in [0.3, 0.4) is 0 Å². The molecule has 0 amide bonds. The topological polar surface area (TPSA) is 44.8 Å². The molecule has 0 radical (unpaired) electrons. The molecule has 0 saturated carbocycles. The summed E-state index contributed by atoms with van der Waals surface area (Å²) in [6.45, 7) is 10.3. The fourth-order valence-electron chi connectivity index (χ4n) is 1.81. The number of esters is 1. The Morgan fingerprint density at radius 3 is 2.09 bits per heavy atom. The summed E-state index contributed by atoms with van der Waals surface area (Å²) in [6.07, 6.45) is 5.03. The van der Waals surface area contributed by atoms with Crippen LogP contribution in [0.4, 0.5) is 0 Å². The highest BCUT2D eigenvalue weighted by atomic mass is 32.2. The van der Waals surface area contributed by atoms with E-state index >= 15 is 0 Å². The molecule has 0 N–H and O–H groups in total. The van der Waals surface area contributed by atoms with E-state index in [9.17, 15) is 4.79 Å². The van der Waals surface area contributed by atoms with Crippen LogP contribution in [0.2, 0.25) is 0 Å². The molecule has 5 heteroatoms. The van der Waals surface area contributed by atoms with Crippen molar-refractivity contribution in [2.75, 3.05) is 43.7 Å². The molecular weight excluding hydrogens is 300 g/mol. The van der Waals surface area contributed by atoms with Crippen molar-refractivity contribution >= 4 is 16.9 Å². The molecule has 0 aliphatic rings. The van der Waals surface area contributed by atoms with Gasteiger partial charge in [-0.1, -0.05) is 26.7 Å². The third-order valence-corrected chi connectivity index (χ3v) is 5.44. The second kappa shape index (κ2) is 15.6. The molecule has 0 unspecified atom stereocenters. The zero-order valence-electron chi connectivity index (χ0n) is 14.9. The number of hydrogen-bond acceptors (Lipinski definition) is 4. The monoisotopic (exact) mass is 335 g/mol. The molecule has 0 aliphatic carbocycles. The largest absolute Gasteiger partial charge is 0.460 e. The molecule has 0 rings (SSSR count). The fraction of sp³-hybridized carbons (Fsp3) is 0.941. The molecule has 0 aromatic heterocycles. The molecule has 0 aromatic carbocycles. The van der Waals surface area contributed by atoms with Gasteiger partial charge in [0, 0.05) is 0 Å². The van der Waals surface area contributed by atoms with Gasteiger partial charge in [-0.2, -0.15) is 0 Å². The Labute approximate surface area is 139 Å². The fourth-order valence-corrected chi connectivity index (χ4v) is 4.11. The van der Waals surface area contributed by atoms with E-state index in [1.54, 1.807) is 0 Å². The lowest BCUT2D eigenvalue weighted by atomic mass is 10.4. The predicted molar refractivity (Wildman–Crippen MR) is 94.6 cm³/mol. The van der Waals surface area contributed by atoms with E-state index in [0.717, 1.165) is 11.5 Å². The molecule has 0 bridgehead atoms. The van der Waals surface area contributed by atoms with Gasteiger partial charge in [0.2, 0.25) is 5.75 Å². The van der Waals surface area contributed by atoms with Gasteiger partial charge in [0.25, 0.3) is 0 Å². The summed E-state index contributed by atoms with van der Waals surface area (Å²) in [4.78, 5) is 11.9. The van der Waals surface area contributed by atoms with E-state index in [0.29, 0.717) is 32.2 Å². The zero-order chi connectivity index (χ0) is 16.6. The highest BCUT2D eigenvalue weighted by Gasteiger charge is 2.22. The summed E-state index contributed by atoms with van der Waals surface area (Å²) in [5, 5.41) is 0. The highest BCUT2D eigenvalue weighted by molar-refractivity contribution is 7.97. The Bertz CT molecular complexity index is 251. The predicted octanol–water partition coefficient (Wildman–Crippen LogP) is 3.19. The van der Waals surface area contributed by atoms with Crippen LogP contribution in [-0.2, 0) is 29.9 Å². The van der Waals surface area contributed by atoms with Crippen LogP contribution in [0.5, 0.6) is 0 Å². The smallest absolute Gasteiger partial charge is 0.356 e. The molecule has 4 nitrogen and oxygen atoms in total. The lowest BCUT2D eigenvalue weighted by Gasteiger charge is -2.10. The van der Waals surface area contributed by atoms with Gasteiger partial charge in [-0.15, -0.1) is 0 Å². The third-order valence-electron chi connectivity index (χ3n) is 3.06. The zero-order valence-corrected chi connectivity index (χ0v) is 15.7. The normalized spacial score (nSPS) is 11.4. The van der Waals surface area contributed by atoms with E-state index in [2.05, 4.69) is 13.8 Å². The van der Waals surface area contributed by atoms with E-state index in [1.807, 2.05) is 13.8 Å². The van der Waals surface area contributed by atoms with Gasteiger partial charge in [0.1, 0.15) is 18.1 Å². The maximum Gasteiger partial charge on any atom is 0.356 e. The maximum absolute atomic E-state index is 11.9. The van der Waals surface area contributed by atoms with Crippen LogP contribution in [0, 0.1) is 0 Å². The first-order valence-electron chi connectivity index (χ1n) is 8.59. The number of carbonyl (C=O) groups excluding carboxylic acids is 1. The first kappa shape index (κ1) is 21.7. The summed E-state index contributed by atoms with van der Waals surface area (Å²) in [5.74, 6) is 2.83. The van der Waals surface area contributed by atoms with Gasteiger partial charge in [0.15, 0.2) is 0 Å². The average molecular weight is 336 g/mol. The lowest BCUT2D eigenvalue weighted by molar-refractivity contribution is -0.142. The number of hydrogen-bond donors (Lipinski definition) is 0. The average Bonchev–Trinajstić information content (AvgIpc) is 2.48. The molecule has 0 aromatic rings. The highest BCUT2D eigenvalue weighted by Crippen LogP contribution is 2.06. The van der Waals surface area contributed by atoms with Gasteiger partial charge in [0.05, 0.1) is 25.9 Å². The molecule has 0 atom stereocenters. The molecule has 0 spiro atoms. The second-order valence-electron chi connectivity index (χ2n) is 5.62. The summed E-state index contributed by atoms with van der Waals surface area (Å²) in [5.41, 5.74) is 0. The molecule has 132 valence electrons. The number of carbonyl (C=O) groups is 1. The Morgan fingerprint density at radius 2 is 1.55 bits per heavy atom. The van der Waals surface area contributed by atoms with Crippen molar-refractivity contribution in [3.05, 3.63) is 0 Å². The van der Waals surface area contributed by atoms with E-state index < -0.39 is 0 Å². The maximum atomic E-state index is 11.9. The standard InChI is InChI=1S/C17H35O4S/c1-5-7-13-22(14-8-6-2)15-17(18)21-12-10-19-9-11-20-16(3)4/h16H,5-15H2,1-4H3/q+1. The van der Waals surface area contributed by atoms with Crippen LogP contribution in [0.1, 0.15) is 53.4 Å². The minimum absolute atomic E-state index is 0.0717. The first-order chi connectivity index (χ1) is 10.6. The van der Waals surface area contributed by atoms with Crippen LogP contribution >= 0.6 is 0 Å².